The van der Waals surface area contributed by atoms with Crippen LogP contribution >= 0.6 is 0 Å². The molecule has 0 radical (unpaired) electrons. The lowest BCUT2D eigenvalue weighted by atomic mass is 10.1. The number of aryl methyl sites for hydroxylation is 1. The first-order valence-electron chi connectivity index (χ1n) is 6.18. The zero-order valence-electron chi connectivity index (χ0n) is 11.2. The normalized spacial score (nSPS) is 10.3. The van der Waals surface area contributed by atoms with Gasteiger partial charge in [0.2, 0.25) is 0 Å². The van der Waals surface area contributed by atoms with Gasteiger partial charge in [-0.2, -0.15) is 0 Å². The molecular formula is C14H14FN3O2. The van der Waals surface area contributed by atoms with Crippen molar-refractivity contribution in [1.29, 1.82) is 0 Å². The van der Waals surface area contributed by atoms with Gasteiger partial charge in [-0.25, -0.2) is 9.37 Å². The van der Waals surface area contributed by atoms with Crippen LogP contribution in [0.3, 0.4) is 0 Å². The van der Waals surface area contributed by atoms with Gasteiger partial charge in [0.25, 0.3) is 5.69 Å². The SMILES string of the molecule is CCNc1ccc([N+](=O)[O-])c(-c2cc(C)ccc2F)n1. The summed E-state index contributed by atoms with van der Waals surface area (Å²) in [4.78, 5) is 14.7. The fourth-order valence-electron chi connectivity index (χ4n) is 1.90. The van der Waals surface area contributed by atoms with Gasteiger partial charge in [0, 0.05) is 18.2 Å². The minimum atomic E-state index is -0.556. The maximum atomic E-state index is 13.9. The minimum absolute atomic E-state index is 0.0367. The summed E-state index contributed by atoms with van der Waals surface area (Å²) in [5.74, 6) is -0.0474. The monoisotopic (exact) mass is 275 g/mol. The van der Waals surface area contributed by atoms with Gasteiger partial charge < -0.3 is 5.32 Å². The second-order valence-corrected chi connectivity index (χ2v) is 4.33. The average Bonchev–Trinajstić information content (AvgIpc) is 2.41. The van der Waals surface area contributed by atoms with Gasteiger partial charge in [0.05, 0.1) is 4.92 Å². The van der Waals surface area contributed by atoms with E-state index in [4.69, 9.17) is 0 Å². The molecule has 1 heterocycles. The summed E-state index contributed by atoms with van der Waals surface area (Å²) in [5.41, 5.74) is 0.772. The number of nitrogens with zero attached hydrogens (tertiary/aromatic N) is 2. The molecule has 5 nitrogen and oxygen atoms in total. The highest BCUT2D eigenvalue weighted by Crippen LogP contribution is 2.31. The van der Waals surface area contributed by atoms with Crippen molar-refractivity contribution in [2.75, 3.05) is 11.9 Å². The molecule has 20 heavy (non-hydrogen) atoms. The molecule has 0 unspecified atom stereocenters. The third kappa shape index (κ3) is 2.74. The van der Waals surface area contributed by atoms with Crippen molar-refractivity contribution in [2.45, 2.75) is 13.8 Å². The molecule has 104 valence electrons. The second kappa shape index (κ2) is 5.64. The lowest BCUT2D eigenvalue weighted by Gasteiger charge is -2.08. The molecule has 0 saturated heterocycles. The van der Waals surface area contributed by atoms with Crippen molar-refractivity contribution in [1.82, 2.24) is 4.98 Å². The van der Waals surface area contributed by atoms with E-state index in [1.807, 2.05) is 6.92 Å². The zero-order chi connectivity index (χ0) is 14.7. The van der Waals surface area contributed by atoms with E-state index in [1.165, 1.54) is 18.2 Å². The van der Waals surface area contributed by atoms with E-state index in [9.17, 15) is 14.5 Å². The van der Waals surface area contributed by atoms with Crippen LogP contribution in [0.5, 0.6) is 0 Å². The summed E-state index contributed by atoms with van der Waals surface area (Å²) in [6, 6.07) is 7.30. The molecule has 0 aliphatic rings. The molecule has 2 rings (SSSR count). The summed E-state index contributed by atoms with van der Waals surface area (Å²) < 4.78 is 13.9. The lowest BCUT2D eigenvalue weighted by molar-refractivity contribution is -0.384. The highest BCUT2D eigenvalue weighted by atomic mass is 19.1. The predicted molar refractivity (Wildman–Crippen MR) is 75.2 cm³/mol. The Bertz CT molecular complexity index is 659. The molecule has 0 amide bonds. The van der Waals surface area contributed by atoms with Crippen LogP contribution in [0.2, 0.25) is 0 Å². The molecular weight excluding hydrogens is 261 g/mol. The third-order valence-electron chi connectivity index (χ3n) is 2.81. The van der Waals surface area contributed by atoms with E-state index in [-0.39, 0.29) is 16.9 Å². The Morgan fingerprint density at radius 1 is 1.35 bits per heavy atom. The first-order chi connectivity index (χ1) is 9.52. The number of halogens is 1. The van der Waals surface area contributed by atoms with Gasteiger partial charge in [-0.15, -0.1) is 0 Å². The molecule has 0 bridgehead atoms. The zero-order valence-corrected chi connectivity index (χ0v) is 11.2. The number of pyridine rings is 1. The number of nitro groups is 1. The van der Waals surface area contributed by atoms with Gasteiger partial charge in [0.1, 0.15) is 11.6 Å². The summed E-state index contributed by atoms with van der Waals surface area (Å²) in [6.45, 7) is 4.31. The topological polar surface area (TPSA) is 68.1 Å². The largest absolute Gasteiger partial charge is 0.370 e. The second-order valence-electron chi connectivity index (χ2n) is 4.33. The highest BCUT2D eigenvalue weighted by molar-refractivity contribution is 5.72. The van der Waals surface area contributed by atoms with Gasteiger partial charge >= 0.3 is 0 Å². The summed E-state index contributed by atoms with van der Waals surface area (Å²) in [6.07, 6.45) is 0. The Hall–Kier alpha value is -2.50. The summed E-state index contributed by atoms with van der Waals surface area (Å²) >= 11 is 0. The molecule has 0 saturated carbocycles. The third-order valence-corrected chi connectivity index (χ3v) is 2.81. The smallest absolute Gasteiger partial charge is 0.295 e. The first kappa shape index (κ1) is 13.9. The summed E-state index contributed by atoms with van der Waals surface area (Å²) in [5, 5.41) is 14.0. The fraction of sp³-hybridized carbons (Fsp3) is 0.214. The highest BCUT2D eigenvalue weighted by Gasteiger charge is 2.20. The van der Waals surface area contributed by atoms with E-state index >= 15 is 0 Å². The van der Waals surface area contributed by atoms with Crippen LogP contribution < -0.4 is 5.32 Å². The van der Waals surface area contributed by atoms with Crippen molar-refractivity contribution < 1.29 is 9.31 Å². The number of aromatic nitrogens is 1. The van der Waals surface area contributed by atoms with E-state index in [0.29, 0.717) is 12.4 Å². The summed E-state index contributed by atoms with van der Waals surface area (Å²) in [7, 11) is 0. The van der Waals surface area contributed by atoms with Crippen LogP contribution in [0, 0.1) is 22.9 Å². The minimum Gasteiger partial charge on any atom is -0.370 e. The van der Waals surface area contributed by atoms with Crippen LogP contribution in [0.4, 0.5) is 15.9 Å². The van der Waals surface area contributed by atoms with Crippen molar-refractivity contribution in [2.24, 2.45) is 0 Å². The number of rotatable bonds is 4. The molecule has 0 fully saturated rings. The predicted octanol–water partition coefficient (Wildman–Crippen LogP) is 3.54. The molecule has 1 aromatic carbocycles. The fourth-order valence-corrected chi connectivity index (χ4v) is 1.90. The van der Waals surface area contributed by atoms with E-state index in [1.54, 1.807) is 19.1 Å². The molecule has 0 aliphatic carbocycles. The van der Waals surface area contributed by atoms with Crippen LogP contribution in [0.1, 0.15) is 12.5 Å². The van der Waals surface area contributed by atoms with Gasteiger partial charge in [-0.3, -0.25) is 10.1 Å². The number of hydrogen-bond acceptors (Lipinski definition) is 4. The Morgan fingerprint density at radius 3 is 2.75 bits per heavy atom. The van der Waals surface area contributed by atoms with Crippen LogP contribution in [0.25, 0.3) is 11.3 Å². The van der Waals surface area contributed by atoms with Gasteiger partial charge in [-0.05, 0) is 32.0 Å². The molecule has 0 spiro atoms. The van der Waals surface area contributed by atoms with E-state index in [0.717, 1.165) is 5.56 Å². The molecule has 1 N–H and O–H groups in total. The number of hydrogen-bond donors (Lipinski definition) is 1. The quantitative estimate of drug-likeness (QED) is 0.684. The maximum Gasteiger partial charge on any atom is 0.295 e. The van der Waals surface area contributed by atoms with Crippen LogP contribution in [-0.4, -0.2) is 16.5 Å². The lowest BCUT2D eigenvalue weighted by Crippen LogP contribution is -2.03. The molecule has 0 aliphatic heterocycles. The first-order valence-corrected chi connectivity index (χ1v) is 6.18. The van der Waals surface area contributed by atoms with Crippen LogP contribution in [-0.2, 0) is 0 Å². The molecule has 2 aromatic rings. The number of benzene rings is 1. The number of nitrogens with one attached hydrogen (secondary N) is 1. The van der Waals surface area contributed by atoms with Crippen molar-refractivity contribution >= 4 is 11.5 Å². The Labute approximate surface area is 115 Å². The maximum absolute atomic E-state index is 13.9. The van der Waals surface area contributed by atoms with Crippen molar-refractivity contribution in [3.63, 3.8) is 0 Å². The average molecular weight is 275 g/mol. The Balaban J connectivity index is 2.65. The van der Waals surface area contributed by atoms with E-state index in [2.05, 4.69) is 10.3 Å². The molecule has 0 atom stereocenters. The molecule has 1 aromatic heterocycles. The van der Waals surface area contributed by atoms with Crippen molar-refractivity contribution in [3.8, 4) is 11.3 Å². The Kier molecular flexibility index (Phi) is 3.93. The Morgan fingerprint density at radius 2 is 2.10 bits per heavy atom. The van der Waals surface area contributed by atoms with Crippen LogP contribution in [0.15, 0.2) is 30.3 Å². The van der Waals surface area contributed by atoms with Gasteiger partial charge in [0.15, 0.2) is 5.69 Å². The number of anilines is 1. The van der Waals surface area contributed by atoms with Crippen molar-refractivity contribution in [3.05, 3.63) is 51.8 Å². The standard InChI is InChI=1S/C14H14FN3O2/c1-3-16-13-7-6-12(18(19)20)14(17-13)10-8-9(2)4-5-11(10)15/h4-8H,3H2,1-2H3,(H,16,17). The molecule has 6 heteroatoms. The van der Waals surface area contributed by atoms with E-state index < -0.39 is 10.7 Å². The van der Waals surface area contributed by atoms with Gasteiger partial charge in [-0.1, -0.05) is 11.6 Å².